The smallest absolute Gasteiger partial charge is 0.387 e. The van der Waals surface area contributed by atoms with E-state index in [9.17, 15) is 0 Å². The summed E-state index contributed by atoms with van der Waals surface area (Å²) >= 11 is 35.5. The van der Waals surface area contributed by atoms with Gasteiger partial charge in [0.25, 0.3) is 0 Å². The van der Waals surface area contributed by atoms with Crippen LogP contribution in [-0.2, 0) is 111 Å². The number of unbranched alkanes of at least 4 members (excludes halogenated alkanes) is 8. The van der Waals surface area contributed by atoms with E-state index in [1.54, 1.807) is 0 Å². The third-order valence-electron chi connectivity index (χ3n) is 3.83. The van der Waals surface area contributed by atoms with E-state index in [0.29, 0.717) is 26.4 Å². The molecule has 0 rings (SSSR count). The maximum absolute atomic E-state index is 4.65. The molecule has 0 heterocycles. The largest absolute Gasteiger partial charge is 4.00 e. The van der Waals surface area contributed by atoms with E-state index in [1.807, 2.05) is 0 Å². The second-order valence-electron chi connectivity index (χ2n) is 7.45. The molecule has 0 aliphatic rings. The first-order valence-electron chi connectivity index (χ1n) is 13.1. The topological polar surface area (TPSA) is 73.8 Å². The Morgan fingerprint density at radius 3 is 0.683 bits per heavy atom. The zero-order chi connectivity index (χ0) is 31.3. The van der Waals surface area contributed by atoms with Crippen LogP contribution in [0.4, 0.5) is 0 Å². The number of thiocarbonyl (C=S) groups is 4. The zero-order valence-corrected chi connectivity index (χ0v) is 32.8. The van der Waals surface area contributed by atoms with Crippen molar-refractivity contribution in [1.82, 2.24) is 0 Å². The van der Waals surface area contributed by atoms with Gasteiger partial charge in [-0.25, -0.2) is 0 Å². The summed E-state index contributed by atoms with van der Waals surface area (Å²) in [7, 11) is 0. The Hall–Kier alpha value is 0.968. The number of rotatable bonds is 20. The molecule has 0 aliphatic carbocycles. The molecule has 0 atom stereocenters. The quantitative estimate of drug-likeness (QED) is 0.0299. The van der Waals surface area contributed by atoms with Crippen LogP contribution in [0.5, 0.6) is 0 Å². The Balaban J connectivity index is -0.000000139. The molecule has 0 aliphatic heterocycles. The van der Waals surface area contributed by atoms with E-state index in [0.717, 1.165) is 51.4 Å². The standard InChI is InChI=1S/4C6H12O2S2.Mo/c4*1-2-3-4-5-7-8-6(9)10;/h4*2-5H2,1H3,(H,9,10);/q;;;;+4/p-4. The molecule has 0 aromatic carbocycles. The average molecular weight is 813 g/mol. The van der Waals surface area contributed by atoms with Crippen molar-refractivity contribution in [2.45, 2.75) is 105 Å². The minimum Gasteiger partial charge on any atom is -0.387 e. The third kappa shape index (κ3) is 74.1. The van der Waals surface area contributed by atoms with Crippen LogP contribution in [0, 0.1) is 0 Å². The molecule has 0 N–H and O–H groups in total. The Morgan fingerprint density at radius 1 is 0.390 bits per heavy atom. The maximum Gasteiger partial charge on any atom is 4.00 e. The van der Waals surface area contributed by atoms with Crippen molar-refractivity contribution in [3.05, 3.63) is 0 Å². The van der Waals surface area contributed by atoms with E-state index in [-0.39, 0.29) is 38.6 Å². The second-order valence-corrected chi connectivity index (χ2v) is 11.4. The van der Waals surface area contributed by atoms with Crippen molar-refractivity contribution in [1.29, 1.82) is 0 Å². The summed E-state index contributed by atoms with van der Waals surface area (Å²) in [5.74, 6) is 0. The predicted molar refractivity (Wildman–Crippen MR) is 186 cm³/mol. The molecule has 0 saturated heterocycles. The minimum atomic E-state index is 0. The van der Waals surface area contributed by atoms with Crippen LogP contribution in [0.1, 0.15) is 105 Å². The maximum atomic E-state index is 4.65. The van der Waals surface area contributed by atoms with E-state index >= 15 is 0 Å². The van der Waals surface area contributed by atoms with Crippen molar-refractivity contribution in [2.24, 2.45) is 0 Å². The molecule has 0 spiro atoms. The van der Waals surface area contributed by atoms with Crippen LogP contribution in [0.15, 0.2) is 0 Å². The van der Waals surface area contributed by atoms with E-state index in [4.69, 9.17) is 0 Å². The second kappa shape index (κ2) is 47.9. The van der Waals surface area contributed by atoms with E-state index in [1.165, 1.54) is 25.7 Å². The molecule has 0 aromatic heterocycles. The Bertz CT molecular complexity index is 486. The molecule has 0 saturated carbocycles. The monoisotopic (exact) mass is 814 g/mol. The summed E-state index contributed by atoms with van der Waals surface area (Å²) in [6, 6.07) is 0. The fourth-order valence-corrected chi connectivity index (χ4v) is 2.39. The first-order valence-corrected chi connectivity index (χ1v) is 16.4. The zero-order valence-electron chi connectivity index (χ0n) is 24.3. The molecule has 0 unspecified atom stereocenters. The molecule has 41 heavy (non-hydrogen) atoms. The average Bonchev–Trinajstić information content (AvgIpc) is 2.89. The van der Waals surface area contributed by atoms with Gasteiger partial charge in [0.05, 0.1) is 44.0 Å². The van der Waals surface area contributed by atoms with Crippen LogP contribution in [0.2, 0.25) is 0 Å². The Labute approximate surface area is 305 Å². The van der Waals surface area contributed by atoms with Crippen molar-refractivity contribution < 1.29 is 60.2 Å². The molecule has 0 aromatic rings. The van der Waals surface area contributed by atoms with Gasteiger partial charge in [0.15, 0.2) is 0 Å². The number of hydrogen-bond donors (Lipinski definition) is 0. The van der Waals surface area contributed by atoms with Gasteiger partial charge in [-0.15, -0.1) is 0 Å². The van der Waals surface area contributed by atoms with Crippen LogP contribution in [0.25, 0.3) is 0 Å². The molecule has 17 heteroatoms. The summed E-state index contributed by atoms with van der Waals surface area (Å²) in [4.78, 5) is 36.3. The van der Waals surface area contributed by atoms with Gasteiger partial charge in [-0.3, -0.25) is 0 Å². The molecular weight excluding hydrogens is 769 g/mol. The Kier molecular flexibility index (Phi) is 60.2. The predicted octanol–water partition coefficient (Wildman–Crippen LogP) is 7.82. The SMILES string of the molecule is CCCCCOOC(=S)[S-].CCCCCOOC(=S)[S-].CCCCCOOC(=S)[S-].CCCCCOOC(=S)[S-].[Mo+4]. The van der Waals surface area contributed by atoms with Crippen LogP contribution >= 0.6 is 48.9 Å². The summed E-state index contributed by atoms with van der Waals surface area (Å²) in [5, 5.41) is 0. The molecule has 8 nitrogen and oxygen atoms in total. The molecule has 0 radical (unpaired) electrons. The van der Waals surface area contributed by atoms with Gasteiger partial charge in [-0.05, 0) is 25.7 Å². The van der Waals surface area contributed by atoms with Gasteiger partial charge in [0, 0.05) is 0 Å². The summed E-state index contributed by atoms with van der Waals surface area (Å²) in [6.45, 7) is 10.8. The molecule has 0 fully saturated rings. The first-order chi connectivity index (χ1) is 19.1. The molecule has 0 amide bonds. The first kappa shape index (κ1) is 51.5. The van der Waals surface area contributed by atoms with Crippen molar-refractivity contribution in [3.63, 3.8) is 0 Å². The minimum absolute atomic E-state index is 0. The fourth-order valence-electron chi connectivity index (χ4n) is 2.00. The van der Waals surface area contributed by atoms with Gasteiger partial charge < -0.3 is 119 Å². The Morgan fingerprint density at radius 2 is 0.561 bits per heavy atom. The van der Waals surface area contributed by atoms with Gasteiger partial charge in [-0.2, -0.15) is 19.6 Å². The van der Waals surface area contributed by atoms with Crippen LogP contribution < -0.4 is 0 Å². The van der Waals surface area contributed by atoms with E-state index in [2.05, 4.69) is 166 Å². The number of hydrogen-bond acceptors (Lipinski definition) is 16. The van der Waals surface area contributed by atoms with Crippen molar-refractivity contribution in [2.75, 3.05) is 26.4 Å². The normalized spacial score (nSPS) is 9.07. The van der Waals surface area contributed by atoms with E-state index < -0.39 is 0 Å². The third-order valence-corrected chi connectivity index (χ3v) is 4.38. The summed E-state index contributed by atoms with van der Waals surface area (Å²) in [5.41, 5.74) is 0. The summed E-state index contributed by atoms with van der Waals surface area (Å²) in [6.07, 6.45) is 13.2. The van der Waals surface area contributed by atoms with Gasteiger partial charge in [-0.1, -0.05) is 79.1 Å². The van der Waals surface area contributed by atoms with Gasteiger partial charge in [0.1, 0.15) is 0 Å². The van der Waals surface area contributed by atoms with Crippen molar-refractivity contribution >= 4 is 117 Å². The van der Waals surface area contributed by atoms with Gasteiger partial charge >= 0.3 is 21.1 Å². The van der Waals surface area contributed by atoms with Crippen LogP contribution in [-0.4, -0.2) is 44.0 Å². The van der Waals surface area contributed by atoms with Crippen LogP contribution in [0.3, 0.4) is 0 Å². The molecule has 0 bridgehead atoms. The van der Waals surface area contributed by atoms with Crippen molar-refractivity contribution in [3.8, 4) is 0 Å². The molecule has 242 valence electrons. The molecular formula is C24H44MoO8S8. The van der Waals surface area contributed by atoms with Gasteiger partial charge in [0.2, 0.25) is 0 Å². The fraction of sp³-hybridized carbons (Fsp3) is 0.833. The summed E-state index contributed by atoms with van der Waals surface area (Å²) < 4.78 is 0.0981.